The zero-order chi connectivity index (χ0) is 18.5. The molecular formula is C23H29N3O. The molecule has 0 radical (unpaired) electrons. The van der Waals surface area contributed by atoms with Gasteiger partial charge in [-0.2, -0.15) is 0 Å². The van der Waals surface area contributed by atoms with E-state index in [-0.39, 0.29) is 11.9 Å². The first-order valence-corrected chi connectivity index (χ1v) is 10.1. The Hall–Kier alpha value is -2.17. The molecule has 1 heterocycles. The minimum atomic E-state index is 0.160. The molecule has 0 aromatic heterocycles. The fraction of sp³-hybridized carbons (Fsp3) is 0.435. The topological polar surface area (TPSA) is 35.6 Å². The summed E-state index contributed by atoms with van der Waals surface area (Å²) < 4.78 is 0. The molecule has 4 rings (SSSR count). The first-order chi connectivity index (χ1) is 13.3. The van der Waals surface area contributed by atoms with Crippen LogP contribution < -0.4 is 5.32 Å². The highest BCUT2D eigenvalue weighted by Gasteiger charge is 2.23. The molecule has 2 aromatic carbocycles. The maximum Gasteiger partial charge on any atom is 0.234 e. The van der Waals surface area contributed by atoms with Crippen LogP contribution in [-0.4, -0.2) is 48.4 Å². The molecule has 27 heavy (non-hydrogen) atoms. The van der Waals surface area contributed by atoms with Crippen LogP contribution in [0.2, 0.25) is 0 Å². The van der Waals surface area contributed by atoms with Gasteiger partial charge in [0.15, 0.2) is 0 Å². The summed E-state index contributed by atoms with van der Waals surface area (Å²) in [6.07, 6.45) is 3.33. The number of hydrogen-bond donors (Lipinski definition) is 1. The SMILES string of the molecule is O=C(CN1CCN(Cc2ccccc2)CC1)N[C@@H]1CCCc2ccccc21. The van der Waals surface area contributed by atoms with E-state index >= 15 is 0 Å². The number of nitrogens with one attached hydrogen (secondary N) is 1. The van der Waals surface area contributed by atoms with Crippen molar-refractivity contribution in [1.29, 1.82) is 0 Å². The first kappa shape index (κ1) is 18.2. The van der Waals surface area contributed by atoms with Gasteiger partial charge in [0.2, 0.25) is 5.91 Å². The summed E-state index contributed by atoms with van der Waals surface area (Å²) in [5, 5.41) is 3.28. The van der Waals surface area contributed by atoms with Gasteiger partial charge in [0, 0.05) is 32.7 Å². The summed E-state index contributed by atoms with van der Waals surface area (Å²) in [5.74, 6) is 0.160. The van der Waals surface area contributed by atoms with Gasteiger partial charge < -0.3 is 5.32 Å². The minimum Gasteiger partial charge on any atom is -0.348 e. The van der Waals surface area contributed by atoms with E-state index in [1.165, 1.54) is 16.7 Å². The Bertz CT molecular complexity index is 753. The lowest BCUT2D eigenvalue weighted by Gasteiger charge is -2.35. The fourth-order valence-electron chi connectivity index (χ4n) is 4.29. The van der Waals surface area contributed by atoms with Crippen LogP contribution in [0.15, 0.2) is 54.6 Å². The van der Waals surface area contributed by atoms with Crippen LogP contribution in [0.25, 0.3) is 0 Å². The van der Waals surface area contributed by atoms with E-state index < -0.39 is 0 Å². The summed E-state index contributed by atoms with van der Waals surface area (Å²) in [7, 11) is 0. The third-order valence-corrected chi connectivity index (χ3v) is 5.79. The van der Waals surface area contributed by atoms with E-state index in [0.717, 1.165) is 52.0 Å². The van der Waals surface area contributed by atoms with Gasteiger partial charge in [-0.25, -0.2) is 0 Å². The van der Waals surface area contributed by atoms with Gasteiger partial charge in [0.1, 0.15) is 0 Å². The third-order valence-electron chi connectivity index (χ3n) is 5.79. The van der Waals surface area contributed by atoms with Crippen molar-refractivity contribution in [3.63, 3.8) is 0 Å². The van der Waals surface area contributed by atoms with E-state index in [2.05, 4.69) is 69.7 Å². The number of aryl methyl sites for hydroxylation is 1. The Labute approximate surface area is 162 Å². The number of piperazine rings is 1. The normalized spacial score (nSPS) is 20.8. The van der Waals surface area contributed by atoms with Crippen LogP contribution in [0.1, 0.15) is 35.6 Å². The molecule has 1 saturated heterocycles. The highest BCUT2D eigenvalue weighted by atomic mass is 16.2. The molecule has 0 spiro atoms. The lowest BCUT2D eigenvalue weighted by atomic mass is 9.88. The van der Waals surface area contributed by atoms with Crippen molar-refractivity contribution >= 4 is 5.91 Å². The number of fused-ring (bicyclic) bond motifs is 1. The minimum absolute atomic E-state index is 0.160. The van der Waals surface area contributed by atoms with Gasteiger partial charge in [0.25, 0.3) is 0 Å². The maximum atomic E-state index is 12.6. The van der Waals surface area contributed by atoms with Crippen LogP contribution in [0.4, 0.5) is 0 Å². The Morgan fingerprint density at radius 3 is 2.44 bits per heavy atom. The number of carbonyl (C=O) groups excluding carboxylic acids is 1. The van der Waals surface area contributed by atoms with Crippen LogP contribution >= 0.6 is 0 Å². The van der Waals surface area contributed by atoms with Gasteiger partial charge in [-0.15, -0.1) is 0 Å². The van der Waals surface area contributed by atoms with Crippen molar-refractivity contribution in [3.8, 4) is 0 Å². The van der Waals surface area contributed by atoms with Crippen molar-refractivity contribution < 1.29 is 4.79 Å². The largest absolute Gasteiger partial charge is 0.348 e. The molecule has 2 aliphatic rings. The maximum absolute atomic E-state index is 12.6. The zero-order valence-electron chi connectivity index (χ0n) is 15.9. The molecule has 1 amide bonds. The second-order valence-corrected chi connectivity index (χ2v) is 7.75. The summed E-state index contributed by atoms with van der Waals surface area (Å²) in [6.45, 7) is 5.48. The Kier molecular flexibility index (Phi) is 5.85. The van der Waals surface area contributed by atoms with Crippen LogP contribution in [0.3, 0.4) is 0 Å². The van der Waals surface area contributed by atoms with E-state index in [9.17, 15) is 4.79 Å². The van der Waals surface area contributed by atoms with Crippen LogP contribution in [0, 0.1) is 0 Å². The second kappa shape index (κ2) is 8.68. The number of carbonyl (C=O) groups is 1. The average molecular weight is 364 g/mol. The Morgan fingerprint density at radius 1 is 0.926 bits per heavy atom. The molecule has 2 aromatic rings. The number of amides is 1. The van der Waals surface area contributed by atoms with Crippen molar-refractivity contribution in [1.82, 2.24) is 15.1 Å². The monoisotopic (exact) mass is 363 g/mol. The quantitative estimate of drug-likeness (QED) is 0.887. The molecule has 142 valence electrons. The van der Waals surface area contributed by atoms with E-state index in [0.29, 0.717) is 6.54 Å². The Morgan fingerprint density at radius 2 is 1.63 bits per heavy atom. The first-order valence-electron chi connectivity index (χ1n) is 10.1. The lowest BCUT2D eigenvalue weighted by molar-refractivity contribution is -0.123. The Balaban J connectivity index is 1.24. The van der Waals surface area contributed by atoms with Gasteiger partial charge >= 0.3 is 0 Å². The smallest absolute Gasteiger partial charge is 0.234 e. The number of benzene rings is 2. The molecule has 1 N–H and O–H groups in total. The summed E-state index contributed by atoms with van der Waals surface area (Å²) in [5.41, 5.74) is 4.06. The molecule has 1 aliphatic heterocycles. The molecule has 0 unspecified atom stereocenters. The van der Waals surface area contributed by atoms with Crippen molar-refractivity contribution in [2.75, 3.05) is 32.7 Å². The van der Waals surface area contributed by atoms with Gasteiger partial charge in [0.05, 0.1) is 12.6 Å². The second-order valence-electron chi connectivity index (χ2n) is 7.75. The molecule has 4 heteroatoms. The number of nitrogens with zero attached hydrogens (tertiary/aromatic N) is 2. The molecule has 0 bridgehead atoms. The highest BCUT2D eigenvalue weighted by molar-refractivity contribution is 5.78. The molecule has 0 saturated carbocycles. The summed E-state index contributed by atoms with van der Waals surface area (Å²) >= 11 is 0. The predicted octanol–water partition coefficient (Wildman–Crippen LogP) is 3.00. The van der Waals surface area contributed by atoms with Crippen LogP contribution in [0.5, 0.6) is 0 Å². The van der Waals surface area contributed by atoms with Gasteiger partial charge in [-0.05, 0) is 36.0 Å². The van der Waals surface area contributed by atoms with Crippen LogP contribution in [-0.2, 0) is 17.8 Å². The average Bonchev–Trinajstić information content (AvgIpc) is 2.71. The molecule has 1 atom stereocenters. The van der Waals surface area contributed by atoms with Crippen molar-refractivity contribution in [2.24, 2.45) is 0 Å². The van der Waals surface area contributed by atoms with Crippen molar-refractivity contribution in [3.05, 3.63) is 71.3 Å². The third kappa shape index (κ3) is 4.76. The van der Waals surface area contributed by atoms with E-state index in [4.69, 9.17) is 0 Å². The molecular weight excluding hydrogens is 334 g/mol. The standard InChI is InChI=1S/C23H29N3O/c27-23(24-22-12-6-10-20-9-4-5-11-21(20)22)18-26-15-13-25(14-16-26)17-19-7-2-1-3-8-19/h1-5,7-9,11,22H,6,10,12-18H2,(H,24,27)/t22-/m1/s1. The molecule has 4 nitrogen and oxygen atoms in total. The van der Waals surface area contributed by atoms with Gasteiger partial charge in [-0.1, -0.05) is 54.6 Å². The zero-order valence-corrected chi connectivity index (χ0v) is 15.9. The predicted molar refractivity (Wildman–Crippen MR) is 108 cm³/mol. The molecule has 1 aliphatic carbocycles. The van der Waals surface area contributed by atoms with Gasteiger partial charge in [-0.3, -0.25) is 14.6 Å². The van der Waals surface area contributed by atoms with E-state index in [1.807, 2.05) is 0 Å². The number of hydrogen-bond acceptors (Lipinski definition) is 3. The number of rotatable bonds is 5. The van der Waals surface area contributed by atoms with Crippen molar-refractivity contribution in [2.45, 2.75) is 31.8 Å². The lowest BCUT2D eigenvalue weighted by Crippen LogP contribution is -2.49. The summed E-state index contributed by atoms with van der Waals surface area (Å²) in [4.78, 5) is 17.4. The highest BCUT2D eigenvalue weighted by Crippen LogP contribution is 2.29. The molecule has 1 fully saturated rings. The van der Waals surface area contributed by atoms with E-state index in [1.54, 1.807) is 0 Å². The summed E-state index contributed by atoms with van der Waals surface area (Å²) in [6, 6.07) is 19.3. The fourth-order valence-corrected chi connectivity index (χ4v) is 4.29.